The first-order valence-corrected chi connectivity index (χ1v) is 7.26. The van der Waals surface area contributed by atoms with Gasteiger partial charge in [0.25, 0.3) is 0 Å². The lowest BCUT2D eigenvalue weighted by molar-refractivity contribution is 0.199. The van der Waals surface area contributed by atoms with Crippen LogP contribution in [0, 0.1) is 0 Å². The van der Waals surface area contributed by atoms with Gasteiger partial charge in [-0.25, -0.2) is 4.98 Å². The van der Waals surface area contributed by atoms with Crippen LogP contribution in [0.25, 0.3) is 0 Å². The predicted octanol–water partition coefficient (Wildman–Crippen LogP) is 1.43. The average molecular weight is 279 g/mol. The molecule has 1 aromatic heterocycles. The van der Waals surface area contributed by atoms with Gasteiger partial charge in [-0.05, 0) is 18.9 Å². The number of nitrogens with zero attached hydrogens (tertiary/aromatic N) is 2. The molecule has 0 bridgehead atoms. The molecule has 0 aliphatic heterocycles. The van der Waals surface area contributed by atoms with Crippen LogP contribution in [0.3, 0.4) is 0 Å². The Morgan fingerprint density at radius 2 is 2.10 bits per heavy atom. The summed E-state index contributed by atoms with van der Waals surface area (Å²) in [5.41, 5.74) is 1.24. The summed E-state index contributed by atoms with van der Waals surface area (Å²) in [5, 5.41) is 3.39. The molecule has 0 unspecified atom stereocenters. The van der Waals surface area contributed by atoms with E-state index in [4.69, 9.17) is 9.47 Å². The quantitative estimate of drug-likeness (QED) is 0.657. The zero-order valence-electron chi connectivity index (χ0n) is 12.5. The minimum absolute atomic E-state index is 0.637. The molecule has 1 aromatic rings. The molecule has 0 radical (unpaired) electrons. The lowest BCUT2D eigenvalue weighted by Crippen LogP contribution is -2.32. The van der Waals surface area contributed by atoms with E-state index >= 15 is 0 Å². The first-order chi connectivity index (χ1) is 9.86. The van der Waals surface area contributed by atoms with Crippen molar-refractivity contribution in [3.8, 4) is 0 Å². The molecule has 0 saturated heterocycles. The van der Waals surface area contributed by atoms with Crippen molar-refractivity contribution in [1.29, 1.82) is 0 Å². The van der Waals surface area contributed by atoms with Crippen molar-refractivity contribution in [2.24, 2.45) is 0 Å². The molecule has 2 rings (SSSR count). The van der Waals surface area contributed by atoms with Crippen LogP contribution in [0.15, 0.2) is 18.3 Å². The van der Waals surface area contributed by atoms with Crippen molar-refractivity contribution >= 4 is 5.82 Å². The van der Waals surface area contributed by atoms with E-state index in [1.54, 1.807) is 14.2 Å². The largest absolute Gasteiger partial charge is 0.383 e. The van der Waals surface area contributed by atoms with Gasteiger partial charge in [0.2, 0.25) is 0 Å². The van der Waals surface area contributed by atoms with Gasteiger partial charge in [0, 0.05) is 51.7 Å². The first kappa shape index (κ1) is 15.2. The number of anilines is 1. The van der Waals surface area contributed by atoms with Crippen LogP contribution in [-0.4, -0.2) is 51.5 Å². The topological polar surface area (TPSA) is 46.6 Å². The molecule has 0 aromatic carbocycles. The summed E-state index contributed by atoms with van der Waals surface area (Å²) in [5.74, 6) is 1.09. The highest BCUT2D eigenvalue weighted by molar-refractivity contribution is 5.48. The van der Waals surface area contributed by atoms with Crippen LogP contribution >= 0.6 is 0 Å². The number of hydrogen-bond donors (Lipinski definition) is 1. The van der Waals surface area contributed by atoms with Crippen molar-refractivity contribution in [3.63, 3.8) is 0 Å². The number of nitrogens with one attached hydrogen (secondary N) is 1. The smallest absolute Gasteiger partial charge is 0.133 e. The van der Waals surface area contributed by atoms with Crippen molar-refractivity contribution < 1.29 is 9.47 Å². The third-order valence-electron chi connectivity index (χ3n) is 3.46. The average Bonchev–Trinajstić information content (AvgIpc) is 3.30. The Morgan fingerprint density at radius 3 is 2.80 bits per heavy atom. The molecule has 1 aliphatic carbocycles. The number of ether oxygens (including phenoxy) is 2. The molecule has 112 valence electrons. The SMILES string of the molecule is COCCNCc1cccnc1N(CCOC)C1CC1. The summed E-state index contributed by atoms with van der Waals surface area (Å²) >= 11 is 0. The maximum Gasteiger partial charge on any atom is 0.133 e. The van der Waals surface area contributed by atoms with E-state index in [9.17, 15) is 0 Å². The maximum absolute atomic E-state index is 5.22. The Labute approximate surface area is 121 Å². The lowest BCUT2D eigenvalue weighted by atomic mass is 10.2. The van der Waals surface area contributed by atoms with E-state index in [0.717, 1.165) is 38.7 Å². The van der Waals surface area contributed by atoms with E-state index < -0.39 is 0 Å². The number of methoxy groups -OCH3 is 2. The van der Waals surface area contributed by atoms with Gasteiger partial charge >= 0.3 is 0 Å². The molecular formula is C15H25N3O2. The zero-order valence-corrected chi connectivity index (χ0v) is 12.5. The summed E-state index contributed by atoms with van der Waals surface area (Å²) in [6, 6.07) is 4.78. The summed E-state index contributed by atoms with van der Waals surface area (Å²) in [6.07, 6.45) is 4.39. The van der Waals surface area contributed by atoms with Crippen LogP contribution in [0.2, 0.25) is 0 Å². The minimum Gasteiger partial charge on any atom is -0.383 e. The molecule has 0 atom stereocenters. The van der Waals surface area contributed by atoms with Gasteiger partial charge in [-0.15, -0.1) is 0 Å². The van der Waals surface area contributed by atoms with Crippen molar-refractivity contribution in [2.45, 2.75) is 25.4 Å². The standard InChI is InChI=1S/C15H25N3O2/c1-19-10-8-16-12-13-4-3-7-17-15(13)18(9-11-20-2)14-5-6-14/h3-4,7,14,16H,5-6,8-12H2,1-2H3. The molecule has 1 saturated carbocycles. The molecule has 1 N–H and O–H groups in total. The molecule has 1 fully saturated rings. The molecule has 20 heavy (non-hydrogen) atoms. The molecule has 1 aliphatic rings. The van der Waals surface area contributed by atoms with Crippen LogP contribution in [0.1, 0.15) is 18.4 Å². The lowest BCUT2D eigenvalue weighted by Gasteiger charge is -2.25. The second-order valence-corrected chi connectivity index (χ2v) is 5.07. The van der Waals surface area contributed by atoms with Crippen LogP contribution in [-0.2, 0) is 16.0 Å². The second kappa shape index (κ2) is 8.19. The van der Waals surface area contributed by atoms with Gasteiger partial charge < -0.3 is 19.7 Å². The number of pyridine rings is 1. The summed E-state index contributed by atoms with van der Waals surface area (Å²) in [7, 11) is 3.47. The highest BCUT2D eigenvalue weighted by Gasteiger charge is 2.30. The van der Waals surface area contributed by atoms with Gasteiger partial charge in [-0.2, -0.15) is 0 Å². The van der Waals surface area contributed by atoms with Crippen molar-refractivity contribution in [2.75, 3.05) is 45.4 Å². The zero-order chi connectivity index (χ0) is 14.2. The molecule has 1 heterocycles. The van der Waals surface area contributed by atoms with E-state index in [0.29, 0.717) is 6.04 Å². The van der Waals surface area contributed by atoms with Gasteiger partial charge in [0.05, 0.1) is 13.2 Å². The minimum atomic E-state index is 0.637. The normalized spacial score (nSPS) is 14.5. The third-order valence-corrected chi connectivity index (χ3v) is 3.46. The highest BCUT2D eigenvalue weighted by atomic mass is 16.5. The van der Waals surface area contributed by atoms with Crippen molar-refractivity contribution in [3.05, 3.63) is 23.9 Å². The van der Waals surface area contributed by atoms with Crippen LogP contribution in [0.4, 0.5) is 5.82 Å². The maximum atomic E-state index is 5.22. The van der Waals surface area contributed by atoms with Gasteiger partial charge in [-0.1, -0.05) is 6.07 Å². The summed E-state index contributed by atoms with van der Waals surface area (Å²) in [4.78, 5) is 6.98. The van der Waals surface area contributed by atoms with Gasteiger partial charge in [0.15, 0.2) is 0 Å². The molecule has 0 amide bonds. The molecular weight excluding hydrogens is 254 g/mol. The number of rotatable bonds is 10. The van der Waals surface area contributed by atoms with Crippen molar-refractivity contribution in [1.82, 2.24) is 10.3 Å². The summed E-state index contributed by atoms with van der Waals surface area (Å²) in [6.45, 7) is 4.05. The van der Waals surface area contributed by atoms with Gasteiger partial charge in [0.1, 0.15) is 5.82 Å². The molecule has 0 spiro atoms. The van der Waals surface area contributed by atoms with Gasteiger partial charge in [-0.3, -0.25) is 0 Å². The Kier molecular flexibility index (Phi) is 6.24. The fourth-order valence-corrected chi connectivity index (χ4v) is 2.26. The van der Waals surface area contributed by atoms with E-state index in [1.165, 1.54) is 18.4 Å². The van der Waals surface area contributed by atoms with E-state index in [-0.39, 0.29) is 0 Å². The fourth-order valence-electron chi connectivity index (χ4n) is 2.26. The Morgan fingerprint density at radius 1 is 1.30 bits per heavy atom. The van der Waals surface area contributed by atoms with Crippen LogP contribution < -0.4 is 10.2 Å². The van der Waals surface area contributed by atoms with E-state index in [1.807, 2.05) is 12.3 Å². The summed E-state index contributed by atoms with van der Waals surface area (Å²) < 4.78 is 10.3. The Balaban J connectivity index is 2.00. The van der Waals surface area contributed by atoms with E-state index in [2.05, 4.69) is 21.3 Å². The fraction of sp³-hybridized carbons (Fsp3) is 0.667. The van der Waals surface area contributed by atoms with Crippen LogP contribution in [0.5, 0.6) is 0 Å². The molecule has 5 nitrogen and oxygen atoms in total. The third kappa shape index (κ3) is 4.44. The molecule has 5 heteroatoms. The number of aromatic nitrogens is 1. The monoisotopic (exact) mass is 279 g/mol. The first-order valence-electron chi connectivity index (χ1n) is 7.26. The second-order valence-electron chi connectivity index (χ2n) is 5.07. The number of hydrogen-bond acceptors (Lipinski definition) is 5. The Bertz CT molecular complexity index is 396. The predicted molar refractivity (Wildman–Crippen MR) is 80.1 cm³/mol. The highest BCUT2D eigenvalue weighted by Crippen LogP contribution is 2.31. The Hall–Kier alpha value is -1.17.